The maximum atomic E-state index is 14.1. The van der Waals surface area contributed by atoms with E-state index in [2.05, 4.69) is 0 Å². The molecule has 0 saturated heterocycles. The predicted molar refractivity (Wildman–Crippen MR) is 129 cm³/mol. The summed E-state index contributed by atoms with van der Waals surface area (Å²) in [5.41, 5.74) is 2.87. The lowest BCUT2D eigenvalue weighted by atomic mass is 9.88. The Bertz CT molecular complexity index is 1160. The second-order valence-corrected chi connectivity index (χ2v) is 9.34. The van der Waals surface area contributed by atoms with E-state index in [0.717, 1.165) is 16.7 Å². The second kappa shape index (κ2) is 10.1. The summed E-state index contributed by atoms with van der Waals surface area (Å²) in [5, 5.41) is 11.1. The zero-order valence-electron chi connectivity index (χ0n) is 18.7. The van der Waals surface area contributed by atoms with Gasteiger partial charge >= 0.3 is 5.97 Å². The fourth-order valence-corrected chi connectivity index (χ4v) is 5.62. The summed E-state index contributed by atoms with van der Waals surface area (Å²) in [6.45, 7) is 3.89. The minimum absolute atomic E-state index is 0.0340. The van der Waals surface area contributed by atoms with Crippen molar-refractivity contribution in [2.45, 2.75) is 37.2 Å². The number of hydrogen-bond donors (Lipinski definition) is 1. The van der Waals surface area contributed by atoms with Gasteiger partial charge in [0.15, 0.2) is 0 Å². The molecule has 1 N–H and O–H groups in total. The molecule has 170 valence electrons. The highest BCUT2D eigenvalue weighted by Gasteiger charge is 2.44. The van der Waals surface area contributed by atoms with E-state index in [0.29, 0.717) is 4.90 Å². The number of aliphatic hydroxyl groups excluding tert-OH is 1. The van der Waals surface area contributed by atoms with Gasteiger partial charge in [0.2, 0.25) is 0 Å². The minimum Gasteiger partial charge on any atom is -0.512 e. The summed E-state index contributed by atoms with van der Waals surface area (Å²) < 4.78 is 21.2. The Kier molecular flexibility index (Phi) is 7.06. The predicted octanol–water partition coefficient (Wildman–Crippen LogP) is 5.58. The van der Waals surface area contributed by atoms with E-state index in [9.17, 15) is 14.1 Å². The zero-order chi connectivity index (χ0) is 23.4. The third-order valence-corrected chi connectivity index (χ3v) is 7.27. The van der Waals surface area contributed by atoms with Crippen LogP contribution in [0.15, 0.2) is 101 Å². The van der Waals surface area contributed by atoms with E-state index in [1.807, 2.05) is 96.2 Å². The number of hydrogen-bond acceptors (Lipinski definition) is 4. The number of esters is 1. The number of nitrogens with zero attached hydrogens (tertiary/aromatic N) is 1. The number of carbonyl (C=O) groups excluding carboxylic acids is 1. The van der Waals surface area contributed by atoms with Crippen LogP contribution in [0.2, 0.25) is 0 Å². The molecule has 0 amide bonds. The van der Waals surface area contributed by atoms with E-state index in [4.69, 9.17) is 4.74 Å². The average Bonchev–Trinajstić information content (AvgIpc) is 2.84. The van der Waals surface area contributed by atoms with Gasteiger partial charge in [-0.05, 0) is 37.1 Å². The molecule has 1 heterocycles. The van der Waals surface area contributed by atoms with Crippen molar-refractivity contribution < 1.29 is 18.8 Å². The number of carbonyl (C=O) groups is 1. The molecule has 0 radical (unpaired) electrons. The van der Waals surface area contributed by atoms with E-state index in [1.165, 1.54) is 0 Å². The molecule has 0 spiro atoms. The summed E-state index contributed by atoms with van der Waals surface area (Å²) in [7, 11) is -1.62. The largest absolute Gasteiger partial charge is 0.512 e. The summed E-state index contributed by atoms with van der Waals surface area (Å²) >= 11 is 0. The first-order valence-electron chi connectivity index (χ1n) is 11.0. The molecule has 0 unspecified atom stereocenters. The molecule has 33 heavy (non-hydrogen) atoms. The smallest absolute Gasteiger partial charge is 0.339 e. The fourth-order valence-electron chi connectivity index (χ4n) is 4.16. The standard InChI is InChI=1S/C27H27NO4S/c1-3-32-27(30)25-24(29)18-23(20-10-6-4-7-11-20)28(26(25)21-12-8-5-9-13-21)33(31)22-16-14-19(2)15-17-22/h4-17,23,26,29H,3,18H2,1-2H3/t23-,26-,33+/m1/s1. The van der Waals surface area contributed by atoms with Crippen LogP contribution < -0.4 is 0 Å². The maximum Gasteiger partial charge on any atom is 0.339 e. The lowest BCUT2D eigenvalue weighted by Crippen LogP contribution is -2.41. The molecule has 4 rings (SSSR count). The van der Waals surface area contributed by atoms with Crippen molar-refractivity contribution in [3.05, 3.63) is 113 Å². The van der Waals surface area contributed by atoms with Crippen LogP contribution in [-0.4, -0.2) is 26.2 Å². The van der Waals surface area contributed by atoms with Crippen LogP contribution in [-0.2, 0) is 20.5 Å². The third kappa shape index (κ3) is 4.77. The van der Waals surface area contributed by atoms with Crippen molar-refractivity contribution in [1.29, 1.82) is 0 Å². The molecule has 0 saturated carbocycles. The monoisotopic (exact) mass is 461 g/mol. The van der Waals surface area contributed by atoms with Crippen molar-refractivity contribution in [2.24, 2.45) is 0 Å². The van der Waals surface area contributed by atoms with Gasteiger partial charge in [0.05, 0.1) is 29.2 Å². The molecule has 3 atom stereocenters. The van der Waals surface area contributed by atoms with Crippen LogP contribution in [0.4, 0.5) is 0 Å². The van der Waals surface area contributed by atoms with E-state index < -0.39 is 29.0 Å². The average molecular weight is 462 g/mol. The Hall–Kier alpha value is -3.22. The van der Waals surface area contributed by atoms with Gasteiger partial charge in [0.25, 0.3) is 0 Å². The lowest BCUT2D eigenvalue weighted by molar-refractivity contribution is -0.139. The Morgan fingerprint density at radius 3 is 2.12 bits per heavy atom. The van der Waals surface area contributed by atoms with Gasteiger partial charge in [-0.2, -0.15) is 0 Å². The van der Waals surface area contributed by atoms with E-state index in [1.54, 1.807) is 6.92 Å². The van der Waals surface area contributed by atoms with Crippen molar-refractivity contribution in [3.63, 3.8) is 0 Å². The Balaban J connectivity index is 1.93. The van der Waals surface area contributed by atoms with Crippen molar-refractivity contribution in [2.75, 3.05) is 6.61 Å². The fraction of sp³-hybridized carbons (Fsp3) is 0.222. The Morgan fingerprint density at radius 2 is 1.55 bits per heavy atom. The minimum atomic E-state index is -1.62. The molecule has 1 aliphatic heterocycles. The summed E-state index contributed by atoms with van der Waals surface area (Å²) in [5.74, 6) is -0.630. The van der Waals surface area contributed by atoms with Gasteiger partial charge in [0.1, 0.15) is 16.7 Å². The molecular weight excluding hydrogens is 434 g/mol. The van der Waals surface area contributed by atoms with Crippen LogP contribution in [0.5, 0.6) is 0 Å². The van der Waals surface area contributed by atoms with Crippen LogP contribution in [0.1, 0.15) is 42.1 Å². The topological polar surface area (TPSA) is 66.8 Å². The quantitative estimate of drug-likeness (QED) is 0.487. The van der Waals surface area contributed by atoms with Gasteiger partial charge in [-0.25, -0.2) is 13.3 Å². The van der Waals surface area contributed by atoms with Crippen molar-refractivity contribution in [3.8, 4) is 0 Å². The Morgan fingerprint density at radius 1 is 0.970 bits per heavy atom. The molecule has 5 nitrogen and oxygen atoms in total. The highest BCUT2D eigenvalue weighted by Crippen LogP contribution is 2.46. The maximum absolute atomic E-state index is 14.1. The molecule has 3 aromatic carbocycles. The SMILES string of the molecule is CCOC(=O)C1=C(O)C[C@H](c2ccccc2)N([S@@](=O)c2ccc(C)cc2)[C@@H]1c1ccccc1. The summed E-state index contributed by atoms with van der Waals surface area (Å²) in [6, 6.07) is 25.4. The first kappa shape index (κ1) is 23.0. The molecule has 0 aliphatic carbocycles. The van der Waals surface area contributed by atoms with Crippen molar-refractivity contribution in [1.82, 2.24) is 4.31 Å². The van der Waals surface area contributed by atoms with E-state index >= 15 is 0 Å². The molecule has 0 fully saturated rings. The highest BCUT2D eigenvalue weighted by molar-refractivity contribution is 7.82. The first-order valence-corrected chi connectivity index (χ1v) is 12.1. The van der Waals surface area contributed by atoms with Gasteiger partial charge in [-0.1, -0.05) is 78.4 Å². The number of aryl methyl sites for hydroxylation is 1. The molecular formula is C27H27NO4S. The normalized spacial score (nSPS) is 19.8. The lowest BCUT2D eigenvalue weighted by Gasteiger charge is -2.41. The molecule has 0 bridgehead atoms. The van der Waals surface area contributed by atoms with Crippen LogP contribution >= 0.6 is 0 Å². The molecule has 6 heteroatoms. The summed E-state index contributed by atoms with van der Waals surface area (Å²) in [6.07, 6.45) is 0.152. The summed E-state index contributed by atoms with van der Waals surface area (Å²) in [4.78, 5) is 13.7. The van der Waals surface area contributed by atoms with Gasteiger partial charge in [0, 0.05) is 6.42 Å². The number of benzene rings is 3. The highest BCUT2D eigenvalue weighted by atomic mass is 32.2. The van der Waals surface area contributed by atoms with Crippen molar-refractivity contribution >= 4 is 17.0 Å². The number of ether oxygens (including phenoxy) is 1. The number of aliphatic hydroxyl groups is 1. The molecule has 0 aromatic heterocycles. The van der Waals surface area contributed by atoms with Crippen LogP contribution in [0, 0.1) is 6.92 Å². The third-order valence-electron chi connectivity index (χ3n) is 5.74. The van der Waals surface area contributed by atoms with E-state index in [-0.39, 0.29) is 24.4 Å². The molecule has 1 aliphatic rings. The zero-order valence-corrected chi connectivity index (χ0v) is 19.5. The second-order valence-electron chi connectivity index (χ2n) is 7.95. The van der Waals surface area contributed by atoms with Gasteiger partial charge in [-0.3, -0.25) is 0 Å². The van der Waals surface area contributed by atoms with Gasteiger partial charge < -0.3 is 9.84 Å². The Labute approximate surface area is 196 Å². The molecule has 3 aromatic rings. The number of rotatable bonds is 6. The van der Waals surface area contributed by atoms with Gasteiger partial charge in [-0.15, -0.1) is 0 Å². The first-order chi connectivity index (χ1) is 16.0. The van der Waals surface area contributed by atoms with Crippen LogP contribution in [0.25, 0.3) is 0 Å². The van der Waals surface area contributed by atoms with Crippen LogP contribution in [0.3, 0.4) is 0 Å².